The predicted molar refractivity (Wildman–Crippen MR) is 81.1 cm³/mol. The molecule has 7 heteroatoms. The maximum atomic E-state index is 12.4. The highest BCUT2D eigenvalue weighted by atomic mass is 32.1. The molecule has 0 unspecified atom stereocenters. The van der Waals surface area contributed by atoms with Crippen LogP contribution in [0.25, 0.3) is 0 Å². The lowest BCUT2D eigenvalue weighted by atomic mass is 9.90. The molecule has 2 aromatic rings. The van der Waals surface area contributed by atoms with E-state index in [0.717, 1.165) is 30.8 Å². The summed E-state index contributed by atoms with van der Waals surface area (Å²) in [5, 5.41) is 12.6. The smallest absolute Gasteiger partial charge is 0.225 e. The number of hydrogen-bond donors (Lipinski definition) is 2. The third kappa shape index (κ3) is 3.30. The van der Waals surface area contributed by atoms with Crippen LogP contribution in [0.15, 0.2) is 23.3 Å². The Hall–Kier alpha value is -1.73. The van der Waals surface area contributed by atoms with Crippen molar-refractivity contribution in [2.24, 2.45) is 13.0 Å². The molecule has 1 fully saturated rings. The standard InChI is InChI=1S/C14H19N5OS/c1-19-7-10(4-18-19)12-5-15-6-13(12)14(20)16-3-2-11-8-21-9-17-11/h4,7-9,12-13,15H,2-3,5-6H2,1H3,(H,16,20)/t12-,13+/m1/s1. The molecule has 0 saturated carbocycles. The van der Waals surface area contributed by atoms with Gasteiger partial charge in [0.05, 0.1) is 23.3 Å². The Morgan fingerprint density at radius 2 is 2.48 bits per heavy atom. The molecule has 1 saturated heterocycles. The second-order valence-corrected chi connectivity index (χ2v) is 6.06. The maximum Gasteiger partial charge on any atom is 0.225 e. The Labute approximate surface area is 127 Å². The van der Waals surface area contributed by atoms with E-state index in [1.165, 1.54) is 0 Å². The fraction of sp³-hybridized carbons (Fsp3) is 0.500. The molecule has 3 heterocycles. The zero-order valence-electron chi connectivity index (χ0n) is 12.0. The van der Waals surface area contributed by atoms with Crippen LogP contribution in [0, 0.1) is 5.92 Å². The summed E-state index contributed by atoms with van der Waals surface area (Å²) in [5.41, 5.74) is 3.98. The fourth-order valence-electron chi connectivity index (χ4n) is 2.74. The van der Waals surface area contributed by atoms with Gasteiger partial charge in [-0.2, -0.15) is 5.10 Å². The van der Waals surface area contributed by atoms with Gasteiger partial charge in [0.25, 0.3) is 0 Å². The van der Waals surface area contributed by atoms with Gasteiger partial charge in [0, 0.05) is 50.6 Å². The Morgan fingerprint density at radius 3 is 3.19 bits per heavy atom. The summed E-state index contributed by atoms with van der Waals surface area (Å²) in [5.74, 6) is 0.298. The van der Waals surface area contributed by atoms with Gasteiger partial charge in [0.1, 0.15) is 0 Å². The molecule has 2 atom stereocenters. The topological polar surface area (TPSA) is 71.8 Å². The number of carbonyl (C=O) groups is 1. The minimum atomic E-state index is -0.0235. The highest BCUT2D eigenvalue weighted by Crippen LogP contribution is 2.27. The highest BCUT2D eigenvalue weighted by Gasteiger charge is 2.34. The summed E-state index contributed by atoms with van der Waals surface area (Å²) in [6, 6.07) is 0. The largest absolute Gasteiger partial charge is 0.355 e. The quantitative estimate of drug-likeness (QED) is 0.846. The Bertz CT molecular complexity index is 594. The van der Waals surface area contributed by atoms with Gasteiger partial charge in [-0.3, -0.25) is 9.48 Å². The second kappa shape index (κ2) is 6.36. The lowest BCUT2D eigenvalue weighted by molar-refractivity contribution is -0.124. The fourth-order valence-corrected chi connectivity index (χ4v) is 3.33. The van der Waals surface area contributed by atoms with Crippen LogP contribution in [-0.2, 0) is 18.3 Å². The minimum Gasteiger partial charge on any atom is -0.355 e. The van der Waals surface area contributed by atoms with E-state index in [2.05, 4.69) is 20.7 Å². The van der Waals surface area contributed by atoms with Crippen molar-refractivity contribution in [1.29, 1.82) is 0 Å². The molecular formula is C14H19N5OS. The van der Waals surface area contributed by atoms with E-state index in [1.54, 1.807) is 16.0 Å². The zero-order valence-corrected chi connectivity index (χ0v) is 12.8. The first-order chi connectivity index (χ1) is 10.2. The zero-order chi connectivity index (χ0) is 14.7. The van der Waals surface area contributed by atoms with Gasteiger partial charge in [-0.15, -0.1) is 11.3 Å². The third-order valence-electron chi connectivity index (χ3n) is 3.87. The van der Waals surface area contributed by atoms with Crippen LogP contribution in [0.4, 0.5) is 0 Å². The van der Waals surface area contributed by atoms with E-state index in [9.17, 15) is 4.79 Å². The van der Waals surface area contributed by atoms with E-state index in [1.807, 2.05) is 30.3 Å². The first-order valence-corrected chi connectivity index (χ1v) is 8.02. The molecule has 1 aliphatic rings. The summed E-state index contributed by atoms with van der Waals surface area (Å²) < 4.78 is 1.78. The van der Waals surface area contributed by atoms with Gasteiger partial charge < -0.3 is 10.6 Å². The van der Waals surface area contributed by atoms with Crippen molar-refractivity contribution in [3.05, 3.63) is 34.5 Å². The normalized spacial score (nSPS) is 21.6. The number of amides is 1. The summed E-state index contributed by atoms with van der Waals surface area (Å²) in [6.07, 6.45) is 4.63. The van der Waals surface area contributed by atoms with Crippen LogP contribution in [0.5, 0.6) is 0 Å². The molecule has 1 amide bonds. The summed E-state index contributed by atoms with van der Waals surface area (Å²) in [6.45, 7) is 2.19. The number of rotatable bonds is 5. The number of hydrogen-bond acceptors (Lipinski definition) is 5. The number of nitrogens with one attached hydrogen (secondary N) is 2. The number of nitrogens with zero attached hydrogens (tertiary/aromatic N) is 3. The second-order valence-electron chi connectivity index (χ2n) is 5.34. The molecule has 112 valence electrons. The van der Waals surface area contributed by atoms with Crippen LogP contribution in [0.3, 0.4) is 0 Å². The molecule has 0 bridgehead atoms. The van der Waals surface area contributed by atoms with Gasteiger partial charge in [0.2, 0.25) is 5.91 Å². The first kappa shape index (κ1) is 14.2. The molecule has 2 aromatic heterocycles. The predicted octanol–water partition coefficient (Wildman–Crippen LogP) is 0.538. The number of carbonyl (C=O) groups excluding carboxylic acids is 1. The summed E-state index contributed by atoms with van der Waals surface area (Å²) >= 11 is 1.58. The van der Waals surface area contributed by atoms with Crippen molar-refractivity contribution in [2.45, 2.75) is 12.3 Å². The number of aromatic nitrogens is 3. The summed E-state index contributed by atoms with van der Waals surface area (Å²) in [7, 11) is 1.90. The van der Waals surface area contributed by atoms with E-state index >= 15 is 0 Å². The third-order valence-corrected chi connectivity index (χ3v) is 4.50. The van der Waals surface area contributed by atoms with Gasteiger partial charge in [-0.25, -0.2) is 4.98 Å². The maximum absolute atomic E-state index is 12.4. The van der Waals surface area contributed by atoms with Crippen LogP contribution >= 0.6 is 11.3 Å². The molecule has 0 aliphatic carbocycles. The molecule has 6 nitrogen and oxygen atoms in total. The van der Waals surface area contributed by atoms with Crippen LogP contribution < -0.4 is 10.6 Å². The van der Waals surface area contributed by atoms with Crippen molar-refractivity contribution in [3.63, 3.8) is 0 Å². The van der Waals surface area contributed by atoms with E-state index in [4.69, 9.17) is 0 Å². The van der Waals surface area contributed by atoms with E-state index in [0.29, 0.717) is 6.54 Å². The van der Waals surface area contributed by atoms with E-state index in [-0.39, 0.29) is 17.7 Å². The number of aryl methyl sites for hydroxylation is 1. The molecule has 0 spiro atoms. The van der Waals surface area contributed by atoms with Gasteiger partial charge >= 0.3 is 0 Å². The molecule has 3 rings (SSSR count). The SMILES string of the molecule is Cn1cc([C@H]2CNC[C@@H]2C(=O)NCCc2cscn2)cn1. The Balaban J connectivity index is 1.55. The van der Waals surface area contributed by atoms with Crippen molar-refractivity contribution < 1.29 is 4.79 Å². The van der Waals surface area contributed by atoms with Crippen LogP contribution in [0.2, 0.25) is 0 Å². The van der Waals surface area contributed by atoms with Crippen molar-refractivity contribution >= 4 is 17.2 Å². The summed E-state index contributed by atoms with van der Waals surface area (Å²) in [4.78, 5) is 16.6. The van der Waals surface area contributed by atoms with Crippen molar-refractivity contribution in [1.82, 2.24) is 25.4 Å². The molecule has 0 aromatic carbocycles. The van der Waals surface area contributed by atoms with Gasteiger partial charge in [-0.1, -0.05) is 0 Å². The monoisotopic (exact) mass is 305 g/mol. The average Bonchev–Trinajstić information content (AvgIpc) is 3.18. The molecule has 1 aliphatic heterocycles. The minimum absolute atomic E-state index is 0.0235. The molecule has 0 radical (unpaired) electrons. The Morgan fingerprint density at radius 1 is 1.57 bits per heavy atom. The molecular weight excluding hydrogens is 286 g/mol. The lowest BCUT2D eigenvalue weighted by Gasteiger charge is -2.16. The van der Waals surface area contributed by atoms with Crippen molar-refractivity contribution in [3.8, 4) is 0 Å². The number of thiazole rings is 1. The lowest BCUT2D eigenvalue weighted by Crippen LogP contribution is -2.35. The highest BCUT2D eigenvalue weighted by molar-refractivity contribution is 7.07. The van der Waals surface area contributed by atoms with E-state index < -0.39 is 0 Å². The molecule has 21 heavy (non-hydrogen) atoms. The van der Waals surface area contributed by atoms with Crippen molar-refractivity contribution in [2.75, 3.05) is 19.6 Å². The Kier molecular flexibility index (Phi) is 4.31. The van der Waals surface area contributed by atoms with Crippen LogP contribution in [0.1, 0.15) is 17.2 Å². The van der Waals surface area contributed by atoms with Crippen LogP contribution in [-0.4, -0.2) is 40.3 Å². The first-order valence-electron chi connectivity index (χ1n) is 7.08. The van der Waals surface area contributed by atoms with Gasteiger partial charge in [-0.05, 0) is 5.56 Å². The van der Waals surface area contributed by atoms with Gasteiger partial charge in [0.15, 0.2) is 0 Å². The molecule has 2 N–H and O–H groups in total. The average molecular weight is 305 g/mol.